The van der Waals surface area contributed by atoms with E-state index in [1.54, 1.807) is 24.3 Å². The van der Waals surface area contributed by atoms with Crippen LogP contribution in [-0.4, -0.2) is 31.1 Å². The molecule has 2 aromatic rings. The van der Waals surface area contributed by atoms with E-state index in [1.165, 1.54) is 0 Å². The van der Waals surface area contributed by atoms with Gasteiger partial charge in [-0.15, -0.1) is 0 Å². The number of amides is 2. The SMILES string of the molecule is CCOCc1ccccc1NC(=O)c1cccc(NC(=O)C2CCCO2)c1. The number of benzene rings is 2. The Labute approximate surface area is 158 Å². The summed E-state index contributed by atoms with van der Waals surface area (Å²) in [4.78, 5) is 24.8. The predicted molar refractivity (Wildman–Crippen MR) is 104 cm³/mol. The van der Waals surface area contributed by atoms with Crippen LogP contribution in [0, 0.1) is 0 Å². The van der Waals surface area contributed by atoms with Crippen LogP contribution in [0.4, 0.5) is 11.4 Å². The first-order valence-corrected chi connectivity index (χ1v) is 9.17. The zero-order valence-electron chi connectivity index (χ0n) is 15.4. The van der Waals surface area contributed by atoms with Crippen molar-refractivity contribution < 1.29 is 19.1 Å². The largest absolute Gasteiger partial charge is 0.377 e. The summed E-state index contributed by atoms with van der Waals surface area (Å²) >= 11 is 0. The van der Waals surface area contributed by atoms with Gasteiger partial charge in [-0.25, -0.2) is 0 Å². The number of hydrogen-bond donors (Lipinski definition) is 2. The molecule has 1 fully saturated rings. The zero-order valence-corrected chi connectivity index (χ0v) is 15.4. The molecule has 2 aromatic carbocycles. The van der Waals surface area contributed by atoms with Gasteiger partial charge in [-0.3, -0.25) is 9.59 Å². The molecule has 0 saturated carbocycles. The molecule has 0 aliphatic carbocycles. The lowest BCUT2D eigenvalue weighted by molar-refractivity contribution is -0.124. The molecule has 0 bridgehead atoms. The molecule has 1 aliphatic heterocycles. The second-order valence-electron chi connectivity index (χ2n) is 6.32. The fourth-order valence-electron chi connectivity index (χ4n) is 2.92. The van der Waals surface area contributed by atoms with Crippen LogP contribution in [0.1, 0.15) is 35.7 Å². The van der Waals surface area contributed by atoms with Crippen LogP contribution in [0.5, 0.6) is 0 Å². The molecule has 1 atom stereocenters. The van der Waals surface area contributed by atoms with E-state index in [2.05, 4.69) is 10.6 Å². The molecule has 0 spiro atoms. The summed E-state index contributed by atoms with van der Waals surface area (Å²) in [6.07, 6.45) is 1.21. The van der Waals surface area contributed by atoms with Crippen LogP contribution < -0.4 is 10.6 Å². The van der Waals surface area contributed by atoms with E-state index in [0.717, 1.165) is 18.4 Å². The van der Waals surface area contributed by atoms with Crippen LogP contribution in [-0.2, 0) is 20.9 Å². The van der Waals surface area contributed by atoms with Crippen molar-refractivity contribution in [2.24, 2.45) is 0 Å². The molecule has 27 heavy (non-hydrogen) atoms. The third kappa shape index (κ3) is 5.15. The quantitative estimate of drug-likeness (QED) is 0.783. The minimum atomic E-state index is -0.409. The van der Waals surface area contributed by atoms with Crippen molar-refractivity contribution in [3.63, 3.8) is 0 Å². The third-order valence-electron chi connectivity index (χ3n) is 4.34. The van der Waals surface area contributed by atoms with Crippen molar-refractivity contribution in [2.45, 2.75) is 32.5 Å². The van der Waals surface area contributed by atoms with Crippen molar-refractivity contribution >= 4 is 23.2 Å². The van der Waals surface area contributed by atoms with E-state index in [9.17, 15) is 9.59 Å². The van der Waals surface area contributed by atoms with Crippen LogP contribution in [0.2, 0.25) is 0 Å². The lowest BCUT2D eigenvalue weighted by Crippen LogP contribution is -2.27. The van der Waals surface area contributed by atoms with Gasteiger partial charge in [-0.05, 0) is 44.0 Å². The third-order valence-corrected chi connectivity index (χ3v) is 4.34. The van der Waals surface area contributed by atoms with E-state index >= 15 is 0 Å². The van der Waals surface area contributed by atoms with E-state index in [0.29, 0.717) is 36.8 Å². The molecule has 2 amide bonds. The Bertz CT molecular complexity index is 800. The number of para-hydroxylation sites is 1. The Morgan fingerprint density at radius 1 is 1.15 bits per heavy atom. The maximum Gasteiger partial charge on any atom is 0.255 e. The maximum absolute atomic E-state index is 12.6. The first-order valence-electron chi connectivity index (χ1n) is 9.17. The predicted octanol–water partition coefficient (Wildman–Crippen LogP) is 3.59. The summed E-state index contributed by atoms with van der Waals surface area (Å²) in [6.45, 7) is 3.58. The highest BCUT2D eigenvalue weighted by atomic mass is 16.5. The topological polar surface area (TPSA) is 76.7 Å². The second kappa shape index (κ2) is 9.30. The number of carbonyl (C=O) groups excluding carboxylic acids is 2. The lowest BCUT2D eigenvalue weighted by Gasteiger charge is -2.13. The zero-order chi connectivity index (χ0) is 19.1. The van der Waals surface area contributed by atoms with Gasteiger partial charge in [-0.2, -0.15) is 0 Å². The minimum absolute atomic E-state index is 0.174. The fourth-order valence-corrected chi connectivity index (χ4v) is 2.92. The monoisotopic (exact) mass is 368 g/mol. The molecule has 0 radical (unpaired) electrons. The van der Waals surface area contributed by atoms with E-state index in [1.807, 2.05) is 31.2 Å². The number of carbonyl (C=O) groups is 2. The minimum Gasteiger partial charge on any atom is -0.377 e. The molecule has 2 N–H and O–H groups in total. The summed E-state index contributed by atoms with van der Waals surface area (Å²) in [5, 5.41) is 5.73. The van der Waals surface area contributed by atoms with Gasteiger partial charge < -0.3 is 20.1 Å². The molecule has 142 valence electrons. The Kier molecular flexibility index (Phi) is 6.57. The number of ether oxygens (including phenoxy) is 2. The van der Waals surface area contributed by atoms with Crippen LogP contribution in [0.25, 0.3) is 0 Å². The molecule has 1 saturated heterocycles. The van der Waals surface area contributed by atoms with Crippen molar-refractivity contribution in [3.05, 3.63) is 59.7 Å². The molecule has 1 aliphatic rings. The van der Waals surface area contributed by atoms with Crippen molar-refractivity contribution in [2.75, 3.05) is 23.8 Å². The average Bonchev–Trinajstić information content (AvgIpc) is 3.22. The first kappa shape index (κ1) is 19.1. The van der Waals surface area contributed by atoms with Gasteiger partial charge in [0, 0.05) is 35.7 Å². The summed E-state index contributed by atoms with van der Waals surface area (Å²) in [6, 6.07) is 14.4. The van der Waals surface area contributed by atoms with Gasteiger partial charge in [0.05, 0.1) is 6.61 Å². The number of hydrogen-bond acceptors (Lipinski definition) is 4. The van der Waals surface area contributed by atoms with Gasteiger partial charge in [0.25, 0.3) is 11.8 Å². The molecule has 1 heterocycles. The highest BCUT2D eigenvalue weighted by Gasteiger charge is 2.23. The molecule has 3 rings (SSSR count). The summed E-state index contributed by atoms with van der Waals surface area (Å²) in [7, 11) is 0. The van der Waals surface area contributed by atoms with Gasteiger partial charge >= 0.3 is 0 Å². The highest BCUT2D eigenvalue weighted by molar-refractivity contribution is 6.05. The number of anilines is 2. The fraction of sp³-hybridized carbons (Fsp3) is 0.333. The summed E-state index contributed by atoms with van der Waals surface area (Å²) in [5.41, 5.74) is 2.66. The Balaban J connectivity index is 1.68. The van der Waals surface area contributed by atoms with Gasteiger partial charge in [-0.1, -0.05) is 24.3 Å². The van der Waals surface area contributed by atoms with Gasteiger partial charge in [0.15, 0.2) is 0 Å². The number of nitrogens with one attached hydrogen (secondary N) is 2. The van der Waals surface area contributed by atoms with Crippen molar-refractivity contribution in [3.8, 4) is 0 Å². The second-order valence-corrected chi connectivity index (χ2v) is 6.32. The smallest absolute Gasteiger partial charge is 0.255 e. The van der Waals surface area contributed by atoms with Gasteiger partial charge in [0.1, 0.15) is 6.10 Å². The van der Waals surface area contributed by atoms with Crippen LogP contribution >= 0.6 is 0 Å². The Morgan fingerprint density at radius 3 is 2.78 bits per heavy atom. The normalized spacial score (nSPS) is 16.1. The molecule has 6 nitrogen and oxygen atoms in total. The molecular formula is C21H24N2O4. The maximum atomic E-state index is 12.6. The summed E-state index contributed by atoms with van der Waals surface area (Å²) in [5.74, 6) is -0.417. The first-order chi connectivity index (χ1) is 13.2. The standard InChI is InChI=1S/C21H24N2O4/c1-2-26-14-16-7-3-4-10-18(16)23-20(24)15-8-5-9-17(13-15)22-21(25)19-11-6-12-27-19/h3-5,7-10,13,19H,2,6,11-12,14H2,1H3,(H,22,25)(H,23,24). The molecule has 6 heteroatoms. The molecular weight excluding hydrogens is 344 g/mol. The highest BCUT2D eigenvalue weighted by Crippen LogP contribution is 2.19. The van der Waals surface area contributed by atoms with Crippen LogP contribution in [0.15, 0.2) is 48.5 Å². The summed E-state index contributed by atoms with van der Waals surface area (Å²) < 4.78 is 10.8. The van der Waals surface area contributed by atoms with E-state index in [4.69, 9.17) is 9.47 Å². The van der Waals surface area contributed by atoms with E-state index in [-0.39, 0.29) is 11.8 Å². The van der Waals surface area contributed by atoms with E-state index < -0.39 is 6.10 Å². The van der Waals surface area contributed by atoms with Gasteiger partial charge in [0.2, 0.25) is 0 Å². The number of rotatable bonds is 7. The van der Waals surface area contributed by atoms with Crippen LogP contribution in [0.3, 0.4) is 0 Å². The lowest BCUT2D eigenvalue weighted by atomic mass is 10.1. The average molecular weight is 368 g/mol. The van der Waals surface area contributed by atoms with Crippen molar-refractivity contribution in [1.29, 1.82) is 0 Å². The molecule has 0 aromatic heterocycles. The molecule has 1 unspecified atom stereocenters. The Morgan fingerprint density at radius 2 is 2.00 bits per heavy atom. The van der Waals surface area contributed by atoms with Crippen molar-refractivity contribution in [1.82, 2.24) is 0 Å². The Hall–Kier alpha value is -2.70.